The third-order valence-electron chi connectivity index (χ3n) is 10.1. The van der Waals surface area contributed by atoms with E-state index in [-0.39, 0.29) is 11.5 Å². The summed E-state index contributed by atoms with van der Waals surface area (Å²) in [4.78, 5) is 20.9. The fourth-order valence-corrected chi connectivity index (χ4v) is 9.06. The first kappa shape index (κ1) is 44.7. The molecule has 6 aromatic rings. The number of sulfonamides is 2. The number of hydrogen-bond acceptors (Lipinski definition) is 11. The topological polar surface area (TPSA) is 213 Å². The Morgan fingerprint density at radius 1 is 0.694 bits per heavy atom. The van der Waals surface area contributed by atoms with Crippen LogP contribution in [0.4, 0.5) is 10.5 Å². The fourth-order valence-electron chi connectivity index (χ4n) is 7.37. The van der Waals surface area contributed by atoms with Gasteiger partial charge in [0.2, 0.25) is 31.8 Å². The average molecular weight is 875 g/mol. The van der Waals surface area contributed by atoms with Crippen LogP contribution in [0.3, 0.4) is 0 Å². The number of amides is 2. The molecule has 0 aliphatic heterocycles. The summed E-state index contributed by atoms with van der Waals surface area (Å²) >= 11 is 0. The number of urea groups is 1. The lowest BCUT2D eigenvalue weighted by Gasteiger charge is -2.17. The number of anilines is 1. The summed E-state index contributed by atoms with van der Waals surface area (Å²) in [5, 5.41) is 16.6. The Bertz CT molecular complexity index is 2780. The summed E-state index contributed by atoms with van der Waals surface area (Å²) in [5.74, 6) is 1.32. The van der Waals surface area contributed by atoms with Crippen molar-refractivity contribution in [3.63, 3.8) is 0 Å². The number of carbonyl (C=O) groups excluding carboxylic acids is 1. The number of aryl methyl sites for hydroxylation is 2. The van der Waals surface area contributed by atoms with Crippen molar-refractivity contribution in [2.45, 2.75) is 50.0 Å². The molecule has 320 valence electrons. The number of pyridine rings is 2. The van der Waals surface area contributed by atoms with Crippen LogP contribution in [-0.4, -0.2) is 47.1 Å². The standard InChI is InChI=1S/C23H23N3O4S.C16H14N2O2.C7H9NO2S/c1-30-21-14-18(12-13-24-21)20-11-10-17-8-5-9-19(17)22(20)25-23(27)26-31(28,29)15-16-6-3-2-4-7-16;1-19-15-9-12(7-8-18-15)14-6-5-11-3-2-4-13(11)16(14)20-10-17;8-11(9,10)6-7-4-2-1-3-5-7/h2-4,6-7,10-14H,5,8-9,15H2,1H3,(H2,25,26,27);5-9H,2-4H2,1H3;1-5H,6H2,(H2,8,9,10). The molecule has 0 saturated carbocycles. The van der Waals surface area contributed by atoms with Gasteiger partial charge in [0.1, 0.15) is 0 Å². The van der Waals surface area contributed by atoms with Crippen molar-refractivity contribution in [3.8, 4) is 46.0 Å². The summed E-state index contributed by atoms with van der Waals surface area (Å²) in [5.41, 5.74) is 10.0. The van der Waals surface area contributed by atoms with E-state index in [2.05, 4.69) is 32.1 Å². The zero-order valence-electron chi connectivity index (χ0n) is 34.2. The summed E-state index contributed by atoms with van der Waals surface area (Å²) in [6.07, 6.45) is 11.0. The predicted molar refractivity (Wildman–Crippen MR) is 237 cm³/mol. The van der Waals surface area contributed by atoms with Gasteiger partial charge in [-0.15, -0.1) is 5.26 Å². The van der Waals surface area contributed by atoms with Gasteiger partial charge in [0.05, 0.1) is 31.4 Å². The van der Waals surface area contributed by atoms with Gasteiger partial charge in [-0.3, -0.25) is 0 Å². The Balaban J connectivity index is 0.000000176. The molecule has 62 heavy (non-hydrogen) atoms. The highest BCUT2D eigenvalue weighted by Crippen LogP contribution is 2.40. The van der Waals surface area contributed by atoms with Crippen LogP contribution in [0.15, 0.2) is 122 Å². The number of nitrogens with one attached hydrogen (secondary N) is 2. The number of nitrogens with zero attached hydrogens (tertiary/aromatic N) is 3. The first-order chi connectivity index (χ1) is 29.9. The molecule has 2 heterocycles. The van der Waals surface area contributed by atoms with Crippen LogP contribution in [0.5, 0.6) is 17.5 Å². The molecule has 0 spiro atoms. The van der Waals surface area contributed by atoms with Crippen molar-refractivity contribution >= 4 is 31.8 Å². The van der Waals surface area contributed by atoms with E-state index >= 15 is 0 Å². The molecule has 8 rings (SSSR count). The minimum absolute atomic E-state index is 0.0894. The molecule has 2 aliphatic carbocycles. The van der Waals surface area contributed by atoms with Crippen molar-refractivity contribution in [1.82, 2.24) is 14.7 Å². The number of methoxy groups -OCH3 is 2. The second-order valence-corrected chi connectivity index (χ2v) is 17.7. The molecule has 2 aliphatic rings. The molecule has 14 nitrogen and oxygen atoms in total. The van der Waals surface area contributed by atoms with E-state index in [0.29, 0.717) is 28.8 Å². The minimum Gasteiger partial charge on any atom is -0.481 e. The third-order valence-corrected chi connectivity index (χ3v) is 12.0. The number of ether oxygens (including phenoxy) is 3. The molecule has 0 unspecified atom stereocenters. The number of nitriles is 1. The van der Waals surface area contributed by atoms with Crippen molar-refractivity contribution in [3.05, 3.63) is 155 Å². The largest absolute Gasteiger partial charge is 0.481 e. The number of benzene rings is 4. The van der Waals surface area contributed by atoms with Gasteiger partial charge in [-0.05, 0) is 95.2 Å². The van der Waals surface area contributed by atoms with E-state index < -0.39 is 26.1 Å². The van der Waals surface area contributed by atoms with Gasteiger partial charge in [-0.1, -0.05) is 84.9 Å². The summed E-state index contributed by atoms with van der Waals surface area (Å²) < 4.78 is 63.9. The molecule has 4 N–H and O–H groups in total. The average Bonchev–Trinajstić information content (AvgIpc) is 3.95. The first-order valence-electron chi connectivity index (χ1n) is 19.6. The highest BCUT2D eigenvalue weighted by molar-refractivity contribution is 7.89. The maximum atomic E-state index is 12.7. The van der Waals surface area contributed by atoms with Crippen molar-refractivity contribution in [2.24, 2.45) is 5.14 Å². The second-order valence-electron chi connectivity index (χ2n) is 14.4. The van der Waals surface area contributed by atoms with Crippen LogP contribution in [0.1, 0.15) is 46.2 Å². The van der Waals surface area contributed by atoms with Crippen molar-refractivity contribution < 1.29 is 35.8 Å². The SMILES string of the molecule is COc1cc(-c2ccc3c(c2NC(=O)NS(=O)(=O)Cc2ccccc2)CCC3)ccn1.COc1cc(-c2ccc3c(c2OC#N)CCC3)ccn1.NS(=O)(=O)Cc1ccccc1. The normalized spacial score (nSPS) is 12.5. The predicted octanol–water partition coefficient (Wildman–Crippen LogP) is 7.48. The van der Waals surface area contributed by atoms with E-state index in [1.54, 1.807) is 87.5 Å². The maximum Gasteiger partial charge on any atom is 0.332 e. The van der Waals surface area contributed by atoms with Crippen LogP contribution < -0.4 is 29.4 Å². The molecule has 16 heteroatoms. The number of carbonyl (C=O) groups is 1. The van der Waals surface area contributed by atoms with E-state index in [0.717, 1.165) is 83.0 Å². The van der Waals surface area contributed by atoms with E-state index in [1.165, 1.54) is 5.56 Å². The molecule has 0 atom stereocenters. The smallest absolute Gasteiger partial charge is 0.332 e. The van der Waals surface area contributed by atoms with Crippen LogP contribution in [0.25, 0.3) is 22.3 Å². The van der Waals surface area contributed by atoms with Crippen LogP contribution in [0.2, 0.25) is 0 Å². The maximum absolute atomic E-state index is 12.7. The molecule has 0 radical (unpaired) electrons. The molecule has 0 fully saturated rings. The highest BCUT2D eigenvalue weighted by atomic mass is 32.2. The Morgan fingerprint density at radius 3 is 1.76 bits per heavy atom. The Hall–Kier alpha value is -6.80. The van der Waals surface area contributed by atoms with Crippen molar-refractivity contribution in [2.75, 3.05) is 19.5 Å². The monoisotopic (exact) mass is 874 g/mol. The number of rotatable bonds is 11. The lowest BCUT2D eigenvalue weighted by atomic mass is 9.98. The van der Waals surface area contributed by atoms with Gasteiger partial charge in [0.15, 0.2) is 5.75 Å². The summed E-state index contributed by atoms with van der Waals surface area (Å²) in [6.45, 7) is 0. The number of hydrogen-bond donors (Lipinski definition) is 3. The number of primary sulfonamides is 1. The van der Waals surface area contributed by atoms with E-state index in [1.807, 2.05) is 42.5 Å². The van der Waals surface area contributed by atoms with Gasteiger partial charge in [0, 0.05) is 35.7 Å². The van der Waals surface area contributed by atoms with Gasteiger partial charge >= 0.3 is 6.03 Å². The first-order valence-corrected chi connectivity index (χ1v) is 23.0. The van der Waals surface area contributed by atoms with E-state index in [4.69, 9.17) is 24.6 Å². The van der Waals surface area contributed by atoms with E-state index in [9.17, 15) is 21.6 Å². The number of fused-ring (bicyclic) bond motifs is 2. The molecule has 4 aromatic carbocycles. The number of nitrogens with two attached hydrogens (primary N) is 1. The molecular formula is C46H46N6O8S2. The zero-order valence-corrected chi connectivity index (χ0v) is 35.8. The molecular weight excluding hydrogens is 829 g/mol. The minimum atomic E-state index is -3.85. The quantitative estimate of drug-likeness (QED) is 0.109. The highest BCUT2D eigenvalue weighted by Gasteiger charge is 2.23. The molecule has 0 saturated heterocycles. The van der Waals surface area contributed by atoms with Crippen molar-refractivity contribution in [1.29, 1.82) is 5.26 Å². The van der Waals surface area contributed by atoms with Gasteiger partial charge in [-0.25, -0.2) is 41.5 Å². The molecule has 2 amide bonds. The molecule has 2 aromatic heterocycles. The zero-order chi connectivity index (χ0) is 44.1. The van der Waals surface area contributed by atoms with Crippen LogP contribution >= 0.6 is 0 Å². The lowest BCUT2D eigenvalue weighted by Crippen LogP contribution is -2.35. The van der Waals surface area contributed by atoms with Crippen LogP contribution in [-0.2, 0) is 57.2 Å². The third kappa shape index (κ3) is 12.2. The fraction of sp³-hybridized carbons (Fsp3) is 0.217. The lowest BCUT2D eigenvalue weighted by molar-refractivity contribution is 0.256. The second kappa shape index (κ2) is 20.6. The van der Waals surface area contributed by atoms with Gasteiger partial charge < -0.3 is 19.5 Å². The molecule has 0 bridgehead atoms. The summed E-state index contributed by atoms with van der Waals surface area (Å²) in [7, 11) is -4.10. The summed E-state index contributed by atoms with van der Waals surface area (Å²) in [6, 6.07) is 32.3. The Morgan fingerprint density at radius 2 is 1.21 bits per heavy atom. The van der Waals surface area contributed by atoms with Gasteiger partial charge in [-0.2, -0.15) is 0 Å². The Labute approximate surface area is 361 Å². The van der Waals surface area contributed by atoms with Crippen LogP contribution in [0, 0.1) is 11.5 Å². The Kier molecular flexibility index (Phi) is 14.9. The number of aromatic nitrogens is 2. The van der Waals surface area contributed by atoms with Gasteiger partial charge in [0.25, 0.3) is 6.26 Å².